The number of rotatable bonds is 4. The number of carbonyl (C=O) groups is 2. The number of nitrogens with zero attached hydrogens (tertiary/aromatic N) is 1. The van der Waals surface area contributed by atoms with Gasteiger partial charge in [0.1, 0.15) is 0 Å². The predicted octanol–water partition coefficient (Wildman–Crippen LogP) is 0.476. The number of hydrogen-bond acceptors (Lipinski definition) is 3. The highest BCUT2D eigenvalue weighted by Gasteiger charge is 2.25. The number of carbonyl (C=O) groups excluding carboxylic acids is 2. The SMILES string of the molecule is CSCCCN1C(=O)CNC(=O)CC1C. The van der Waals surface area contributed by atoms with Crippen LogP contribution in [0.5, 0.6) is 0 Å². The van der Waals surface area contributed by atoms with E-state index in [4.69, 9.17) is 0 Å². The number of thioether (sulfide) groups is 1. The van der Waals surface area contributed by atoms with Crippen LogP contribution in [0.15, 0.2) is 0 Å². The highest BCUT2D eigenvalue weighted by Crippen LogP contribution is 2.09. The maximum atomic E-state index is 11.7. The van der Waals surface area contributed by atoms with Crippen molar-refractivity contribution in [1.29, 1.82) is 0 Å². The van der Waals surface area contributed by atoms with Gasteiger partial charge < -0.3 is 10.2 Å². The van der Waals surface area contributed by atoms with Gasteiger partial charge in [0.05, 0.1) is 6.54 Å². The zero-order valence-corrected chi connectivity index (χ0v) is 10.1. The van der Waals surface area contributed by atoms with Gasteiger partial charge in [-0.3, -0.25) is 9.59 Å². The third-order valence-corrected chi connectivity index (χ3v) is 3.21. The summed E-state index contributed by atoms with van der Waals surface area (Å²) in [5.74, 6) is 1.07. The predicted molar refractivity (Wildman–Crippen MR) is 61.8 cm³/mol. The van der Waals surface area contributed by atoms with Crippen molar-refractivity contribution in [2.45, 2.75) is 25.8 Å². The minimum atomic E-state index is -0.0248. The van der Waals surface area contributed by atoms with Crippen molar-refractivity contribution in [2.24, 2.45) is 0 Å². The van der Waals surface area contributed by atoms with E-state index in [0.29, 0.717) is 6.42 Å². The molecule has 86 valence electrons. The molecule has 1 rings (SSSR count). The Labute approximate surface area is 94.8 Å². The molecular weight excluding hydrogens is 212 g/mol. The monoisotopic (exact) mass is 230 g/mol. The summed E-state index contributed by atoms with van der Waals surface area (Å²) in [7, 11) is 0. The first-order valence-corrected chi connectivity index (χ1v) is 6.59. The normalized spacial score (nSPS) is 22.5. The average molecular weight is 230 g/mol. The Morgan fingerprint density at radius 3 is 2.93 bits per heavy atom. The topological polar surface area (TPSA) is 49.4 Å². The van der Waals surface area contributed by atoms with Crippen LogP contribution in [-0.4, -0.2) is 47.9 Å². The molecule has 5 heteroatoms. The first kappa shape index (κ1) is 12.4. The van der Waals surface area contributed by atoms with E-state index in [1.807, 2.05) is 11.8 Å². The van der Waals surface area contributed by atoms with E-state index >= 15 is 0 Å². The number of amides is 2. The van der Waals surface area contributed by atoms with Gasteiger partial charge in [-0.1, -0.05) is 0 Å². The smallest absolute Gasteiger partial charge is 0.242 e. The van der Waals surface area contributed by atoms with Gasteiger partial charge in [-0.2, -0.15) is 11.8 Å². The zero-order valence-electron chi connectivity index (χ0n) is 9.28. The van der Waals surface area contributed by atoms with Crippen LogP contribution in [0.25, 0.3) is 0 Å². The van der Waals surface area contributed by atoms with Gasteiger partial charge in [0.15, 0.2) is 0 Å². The highest BCUT2D eigenvalue weighted by atomic mass is 32.2. The molecule has 15 heavy (non-hydrogen) atoms. The van der Waals surface area contributed by atoms with E-state index in [1.165, 1.54) is 0 Å². The molecule has 2 amide bonds. The largest absolute Gasteiger partial charge is 0.347 e. The van der Waals surface area contributed by atoms with Gasteiger partial charge >= 0.3 is 0 Å². The van der Waals surface area contributed by atoms with Crippen molar-refractivity contribution < 1.29 is 9.59 Å². The molecule has 0 radical (unpaired) electrons. The van der Waals surface area contributed by atoms with Crippen molar-refractivity contribution in [3.05, 3.63) is 0 Å². The van der Waals surface area contributed by atoms with Crippen molar-refractivity contribution in [1.82, 2.24) is 10.2 Å². The van der Waals surface area contributed by atoms with Crippen LogP contribution in [0.2, 0.25) is 0 Å². The molecule has 1 saturated heterocycles. The van der Waals surface area contributed by atoms with Gasteiger partial charge in [0.2, 0.25) is 11.8 Å². The number of hydrogen-bond donors (Lipinski definition) is 1. The quantitative estimate of drug-likeness (QED) is 0.715. The van der Waals surface area contributed by atoms with E-state index < -0.39 is 0 Å². The highest BCUT2D eigenvalue weighted by molar-refractivity contribution is 7.98. The van der Waals surface area contributed by atoms with E-state index in [2.05, 4.69) is 11.6 Å². The minimum absolute atomic E-state index is 0.0248. The van der Waals surface area contributed by atoms with E-state index in [9.17, 15) is 9.59 Å². The molecule has 1 atom stereocenters. The minimum Gasteiger partial charge on any atom is -0.347 e. The Morgan fingerprint density at radius 1 is 1.53 bits per heavy atom. The first-order chi connectivity index (χ1) is 7.15. The summed E-state index contributed by atoms with van der Waals surface area (Å²) in [6, 6.07) is 0.0295. The van der Waals surface area contributed by atoms with Crippen molar-refractivity contribution in [3.63, 3.8) is 0 Å². The lowest BCUT2D eigenvalue weighted by Crippen LogP contribution is -2.40. The maximum Gasteiger partial charge on any atom is 0.242 e. The van der Waals surface area contributed by atoms with Crippen LogP contribution in [0.3, 0.4) is 0 Å². The van der Waals surface area contributed by atoms with Crippen LogP contribution in [0.4, 0.5) is 0 Å². The Kier molecular flexibility index (Phi) is 4.94. The molecule has 0 saturated carbocycles. The molecule has 1 heterocycles. The summed E-state index contributed by atoms with van der Waals surface area (Å²) in [5, 5.41) is 2.61. The molecule has 1 aliphatic heterocycles. The molecule has 1 unspecified atom stereocenters. The Balaban J connectivity index is 2.50. The number of nitrogens with one attached hydrogen (secondary N) is 1. The summed E-state index contributed by atoms with van der Waals surface area (Å²) in [6.45, 7) is 2.85. The molecular formula is C10H18N2O2S. The fourth-order valence-corrected chi connectivity index (χ4v) is 2.11. The lowest BCUT2D eigenvalue weighted by molar-refractivity contribution is -0.131. The second kappa shape index (κ2) is 6.00. The van der Waals surface area contributed by atoms with Crippen LogP contribution in [0, 0.1) is 0 Å². The Morgan fingerprint density at radius 2 is 2.27 bits per heavy atom. The second-order valence-corrected chi connectivity index (χ2v) is 4.75. The van der Waals surface area contributed by atoms with E-state index in [-0.39, 0.29) is 24.4 Å². The lowest BCUT2D eigenvalue weighted by Gasteiger charge is -2.26. The summed E-state index contributed by atoms with van der Waals surface area (Å²) in [4.78, 5) is 24.7. The molecule has 1 aliphatic rings. The fraction of sp³-hybridized carbons (Fsp3) is 0.800. The van der Waals surface area contributed by atoms with E-state index in [1.54, 1.807) is 11.8 Å². The molecule has 0 bridgehead atoms. The summed E-state index contributed by atoms with van der Waals surface area (Å²) >= 11 is 1.78. The molecule has 0 aromatic carbocycles. The summed E-state index contributed by atoms with van der Waals surface area (Å²) in [5.41, 5.74) is 0. The third kappa shape index (κ3) is 3.74. The average Bonchev–Trinajstić information content (AvgIpc) is 2.30. The Hall–Kier alpha value is -0.710. The molecule has 4 nitrogen and oxygen atoms in total. The maximum absolute atomic E-state index is 11.7. The molecule has 1 fully saturated rings. The summed E-state index contributed by atoms with van der Waals surface area (Å²) in [6.07, 6.45) is 3.47. The molecule has 0 aliphatic carbocycles. The van der Waals surface area contributed by atoms with Gasteiger partial charge in [0, 0.05) is 19.0 Å². The molecule has 1 N–H and O–H groups in total. The Bertz CT molecular complexity index is 246. The van der Waals surface area contributed by atoms with Gasteiger partial charge in [-0.25, -0.2) is 0 Å². The van der Waals surface area contributed by atoms with Crippen LogP contribution in [-0.2, 0) is 9.59 Å². The zero-order chi connectivity index (χ0) is 11.3. The first-order valence-electron chi connectivity index (χ1n) is 5.20. The summed E-state index contributed by atoms with van der Waals surface area (Å²) < 4.78 is 0. The van der Waals surface area contributed by atoms with Crippen LogP contribution in [0.1, 0.15) is 19.8 Å². The molecule has 0 aromatic rings. The molecule has 0 aromatic heterocycles. The van der Waals surface area contributed by atoms with Crippen LogP contribution < -0.4 is 5.32 Å². The van der Waals surface area contributed by atoms with Gasteiger partial charge in [0.25, 0.3) is 0 Å². The standard InChI is InChI=1S/C10H18N2O2S/c1-8-6-9(13)11-7-10(14)12(8)4-3-5-15-2/h8H,3-7H2,1-2H3,(H,11,13). The lowest BCUT2D eigenvalue weighted by atomic mass is 10.2. The second-order valence-electron chi connectivity index (χ2n) is 3.76. The third-order valence-electron chi connectivity index (χ3n) is 2.52. The molecule has 0 spiro atoms. The van der Waals surface area contributed by atoms with Crippen molar-refractivity contribution in [2.75, 3.05) is 25.1 Å². The van der Waals surface area contributed by atoms with Gasteiger partial charge in [-0.05, 0) is 25.4 Å². The van der Waals surface area contributed by atoms with Crippen molar-refractivity contribution >= 4 is 23.6 Å². The van der Waals surface area contributed by atoms with Gasteiger partial charge in [-0.15, -0.1) is 0 Å². The van der Waals surface area contributed by atoms with Crippen LogP contribution >= 0.6 is 11.8 Å². The van der Waals surface area contributed by atoms with Crippen molar-refractivity contribution in [3.8, 4) is 0 Å². The fourth-order valence-electron chi connectivity index (χ4n) is 1.70. The van der Waals surface area contributed by atoms with E-state index in [0.717, 1.165) is 18.7 Å².